The van der Waals surface area contributed by atoms with Crippen molar-refractivity contribution in [3.05, 3.63) is 60.4 Å². The molecule has 0 saturated carbocycles. The number of unbranched alkanes of at least 4 members (excludes halogenated alkanes) is 2. The third-order valence-electron chi connectivity index (χ3n) is 5.61. The molecular weight excluding hydrogens is 372 g/mol. The largest absolute Gasteiger partial charge is 0.275 e. The molecule has 0 radical (unpaired) electrons. The summed E-state index contributed by atoms with van der Waals surface area (Å²) in [5, 5.41) is 18.3. The molecule has 0 aliphatic heterocycles. The van der Waals surface area contributed by atoms with Crippen LogP contribution in [-0.2, 0) is 7.05 Å². The standard InChI is InChI=1S/C24H26N6/c1-4-5-6-7-17(2)23-9-8-18(12-26-23)22-10-19(21-14-27-29(3)15-21)16-30-24(22)20(11-25)13-28-30/h8-10,12-17H,4-7H2,1-3H3. The molecule has 4 aromatic rings. The Bertz CT molecular complexity index is 1190. The summed E-state index contributed by atoms with van der Waals surface area (Å²) >= 11 is 0. The molecule has 0 fully saturated rings. The van der Waals surface area contributed by atoms with Gasteiger partial charge in [-0.2, -0.15) is 15.5 Å². The summed E-state index contributed by atoms with van der Waals surface area (Å²) in [5.41, 5.74) is 6.40. The number of fused-ring (bicyclic) bond motifs is 1. The molecule has 0 aromatic carbocycles. The van der Waals surface area contributed by atoms with Crippen LogP contribution in [0.2, 0.25) is 0 Å². The quantitative estimate of drug-likeness (QED) is 0.393. The first-order valence-electron chi connectivity index (χ1n) is 10.5. The van der Waals surface area contributed by atoms with Crippen LogP contribution in [0.4, 0.5) is 0 Å². The van der Waals surface area contributed by atoms with Gasteiger partial charge in [-0.25, -0.2) is 4.52 Å². The van der Waals surface area contributed by atoms with E-state index in [0.717, 1.165) is 39.9 Å². The van der Waals surface area contributed by atoms with Gasteiger partial charge in [0.2, 0.25) is 0 Å². The van der Waals surface area contributed by atoms with E-state index >= 15 is 0 Å². The minimum absolute atomic E-state index is 0.442. The van der Waals surface area contributed by atoms with Crippen molar-refractivity contribution in [2.24, 2.45) is 7.05 Å². The van der Waals surface area contributed by atoms with Crippen molar-refractivity contribution >= 4 is 5.52 Å². The lowest BCUT2D eigenvalue weighted by Crippen LogP contribution is -1.98. The summed E-state index contributed by atoms with van der Waals surface area (Å²) in [6.07, 6.45) is 14.2. The number of hydrogen-bond donors (Lipinski definition) is 0. The lowest BCUT2D eigenvalue weighted by atomic mass is 9.97. The zero-order valence-electron chi connectivity index (χ0n) is 17.7. The molecule has 0 bridgehead atoms. The van der Waals surface area contributed by atoms with E-state index in [2.05, 4.69) is 48.3 Å². The fourth-order valence-corrected chi connectivity index (χ4v) is 3.86. The highest BCUT2D eigenvalue weighted by Crippen LogP contribution is 2.32. The number of aromatic nitrogens is 5. The third kappa shape index (κ3) is 3.84. The second kappa shape index (κ2) is 8.50. The fourth-order valence-electron chi connectivity index (χ4n) is 3.86. The van der Waals surface area contributed by atoms with Gasteiger partial charge >= 0.3 is 0 Å². The third-order valence-corrected chi connectivity index (χ3v) is 5.61. The molecule has 1 unspecified atom stereocenters. The Morgan fingerprint density at radius 3 is 2.57 bits per heavy atom. The van der Waals surface area contributed by atoms with Crippen molar-refractivity contribution in [3.8, 4) is 28.3 Å². The Kier molecular flexibility index (Phi) is 5.62. The molecule has 0 spiro atoms. The van der Waals surface area contributed by atoms with Crippen molar-refractivity contribution < 1.29 is 0 Å². The molecule has 0 aliphatic rings. The SMILES string of the molecule is CCCCCC(C)c1ccc(-c2cc(-c3cnn(C)c3)cn3ncc(C#N)c23)cn1. The Balaban J connectivity index is 1.75. The van der Waals surface area contributed by atoms with Gasteiger partial charge in [-0.15, -0.1) is 0 Å². The lowest BCUT2D eigenvalue weighted by molar-refractivity contribution is 0.588. The number of hydrogen-bond acceptors (Lipinski definition) is 4. The highest BCUT2D eigenvalue weighted by atomic mass is 15.2. The Hall–Kier alpha value is -3.46. The zero-order valence-corrected chi connectivity index (χ0v) is 17.7. The minimum Gasteiger partial charge on any atom is -0.275 e. The highest BCUT2D eigenvalue weighted by Gasteiger charge is 2.15. The van der Waals surface area contributed by atoms with Crippen molar-refractivity contribution in [2.45, 2.75) is 45.4 Å². The van der Waals surface area contributed by atoms with Crippen LogP contribution >= 0.6 is 0 Å². The molecule has 0 saturated heterocycles. The van der Waals surface area contributed by atoms with Gasteiger partial charge in [-0.3, -0.25) is 9.67 Å². The first-order valence-corrected chi connectivity index (χ1v) is 10.5. The van der Waals surface area contributed by atoms with Gasteiger partial charge in [0.25, 0.3) is 0 Å². The average molecular weight is 399 g/mol. The molecule has 0 N–H and O–H groups in total. The maximum Gasteiger partial charge on any atom is 0.103 e. The van der Waals surface area contributed by atoms with Crippen LogP contribution in [0, 0.1) is 11.3 Å². The number of pyridine rings is 2. The van der Waals surface area contributed by atoms with Gasteiger partial charge < -0.3 is 0 Å². The number of rotatable bonds is 7. The molecular formula is C24H26N6. The molecule has 4 aromatic heterocycles. The van der Waals surface area contributed by atoms with Gasteiger partial charge in [0, 0.05) is 53.6 Å². The van der Waals surface area contributed by atoms with Gasteiger partial charge in [0.05, 0.1) is 23.5 Å². The molecule has 6 heteroatoms. The van der Waals surface area contributed by atoms with E-state index in [1.54, 1.807) is 15.4 Å². The van der Waals surface area contributed by atoms with E-state index < -0.39 is 0 Å². The number of nitriles is 1. The first-order chi connectivity index (χ1) is 14.6. The van der Waals surface area contributed by atoms with Crippen molar-refractivity contribution in [2.75, 3.05) is 0 Å². The molecule has 4 rings (SSSR count). The smallest absolute Gasteiger partial charge is 0.103 e. The second-order valence-corrected chi connectivity index (χ2v) is 7.88. The summed E-state index contributed by atoms with van der Waals surface area (Å²) in [7, 11) is 1.90. The van der Waals surface area contributed by atoms with E-state index in [4.69, 9.17) is 4.98 Å². The predicted molar refractivity (Wildman–Crippen MR) is 118 cm³/mol. The Labute approximate surface area is 176 Å². The molecule has 0 aliphatic carbocycles. The number of nitrogens with zero attached hydrogens (tertiary/aromatic N) is 6. The maximum absolute atomic E-state index is 9.57. The van der Waals surface area contributed by atoms with Gasteiger partial charge in [-0.05, 0) is 24.5 Å². The van der Waals surface area contributed by atoms with E-state index in [1.165, 1.54) is 19.3 Å². The number of aryl methyl sites for hydroxylation is 1. The summed E-state index contributed by atoms with van der Waals surface area (Å²) in [6, 6.07) is 8.57. The van der Waals surface area contributed by atoms with Gasteiger partial charge in [0.1, 0.15) is 6.07 Å². The summed E-state index contributed by atoms with van der Waals surface area (Å²) < 4.78 is 3.55. The van der Waals surface area contributed by atoms with Crippen LogP contribution in [0.5, 0.6) is 0 Å². The van der Waals surface area contributed by atoms with Crippen LogP contribution in [0.1, 0.15) is 56.7 Å². The van der Waals surface area contributed by atoms with Crippen molar-refractivity contribution in [1.82, 2.24) is 24.4 Å². The highest BCUT2D eigenvalue weighted by molar-refractivity contribution is 5.87. The summed E-state index contributed by atoms with van der Waals surface area (Å²) in [5.74, 6) is 0.442. The molecule has 152 valence electrons. The van der Waals surface area contributed by atoms with Gasteiger partial charge in [0.15, 0.2) is 0 Å². The van der Waals surface area contributed by atoms with Gasteiger partial charge in [-0.1, -0.05) is 39.2 Å². The van der Waals surface area contributed by atoms with Crippen LogP contribution in [0.25, 0.3) is 27.8 Å². The average Bonchev–Trinajstić information content (AvgIpc) is 3.39. The normalized spacial score (nSPS) is 12.2. The molecule has 4 heterocycles. The Morgan fingerprint density at radius 2 is 1.90 bits per heavy atom. The molecule has 0 amide bonds. The predicted octanol–water partition coefficient (Wildman–Crippen LogP) is 5.35. The second-order valence-electron chi connectivity index (χ2n) is 7.88. The van der Waals surface area contributed by atoms with Crippen LogP contribution in [0.3, 0.4) is 0 Å². The molecule has 30 heavy (non-hydrogen) atoms. The summed E-state index contributed by atoms with van der Waals surface area (Å²) in [4.78, 5) is 4.76. The van der Waals surface area contributed by atoms with E-state index in [1.807, 2.05) is 31.8 Å². The Morgan fingerprint density at radius 1 is 1.03 bits per heavy atom. The van der Waals surface area contributed by atoms with E-state index in [9.17, 15) is 5.26 Å². The van der Waals surface area contributed by atoms with Crippen LogP contribution < -0.4 is 0 Å². The van der Waals surface area contributed by atoms with Crippen LogP contribution in [0.15, 0.2) is 49.2 Å². The lowest BCUT2D eigenvalue weighted by Gasteiger charge is -2.12. The van der Waals surface area contributed by atoms with E-state index in [-0.39, 0.29) is 0 Å². The first kappa shape index (κ1) is 19.8. The van der Waals surface area contributed by atoms with E-state index in [0.29, 0.717) is 11.5 Å². The minimum atomic E-state index is 0.442. The fraction of sp³-hybridized carbons (Fsp3) is 0.333. The zero-order chi connectivity index (χ0) is 21.1. The molecule has 6 nitrogen and oxygen atoms in total. The molecule has 1 atom stereocenters. The summed E-state index contributed by atoms with van der Waals surface area (Å²) in [6.45, 7) is 4.47. The monoisotopic (exact) mass is 398 g/mol. The maximum atomic E-state index is 9.57. The van der Waals surface area contributed by atoms with Crippen LogP contribution in [-0.4, -0.2) is 24.4 Å². The topological polar surface area (TPSA) is 71.8 Å². The van der Waals surface area contributed by atoms with Crippen molar-refractivity contribution in [1.29, 1.82) is 5.26 Å². The van der Waals surface area contributed by atoms with Crippen molar-refractivity contribution in [3.63, 3.8) is 0 Å².